The van der Waals surface area contributed by atoms with Crippen molar-refractivity contribution >= 4 is 60.6 Å². The largest absolute Gasteiger partial charge is 0.335 e. The molecular formula is C19H14Cl2F2N2O3S2. The Morgan fingerprint density at radius 1 is 1.00 bits per heavy atom. The lowest BCUT2D eigenvalue weighted by Crippen LogP contribution is -2.50. The highest BCUT2D eigenvalue weighted by atomic mass is 35.5. The fourth-order valence-corrected chi connectivity index (χ4v) is 6.50. The van der Waals surface area contributed by atoms with Crippen molar-refractivity contribution in [2.24, 2.45) is 0 Å². The molecule has 1 aliphatic heterocycles. The molecule has 1 aliphatic rings. The van der Waals surface area contributed by atoms with Gasteiger partial charge in [0.05, 0.1) is 5.02 Å². The first kappa shape index (κ1) is 21.5. The lowest BCUT2D eigenvalue weighted by molar-refractivity contribution is 0.0703. The van der Waals surface area contributed by atoms with Gasteiger partial charge in [0.15, 0.2) is 0 Å². The molecule has 0 aliphatic carbocycles. The van der Waals surface area contributed by atoms with Gasteiger partial charge in [-0.2, -0.15) is 4.31 Å². The van der Waals surface area contributed by atoms with E-state index in [4.69, 9.17) is 23.2 Å². The fraction of sp³-hybridized carbons (Fsp3) is 0.211. The number of rotatable bonds is 3. The van der Waals surface area contributed by atoms with Crippen molar-refractivity contribution in [2.75, 3.05) is 26.2 Å². The highest BCUT2D eigenvalue weighted by Gasteiger charge is 2.33. The topological polar surface area (TPSA) is 57.7 Å². The van der Waals surface area contributed by atoms with E-state index in [1.165, 1.54) is 16.2 Å². The summed E-state index contributed by atoms with van der Waals surface area (Å²) in [7, 11) is -4.14. The third-order valence-electron chi connectivity index (χ3n) is 4.82. The maximum atomic E-state index is 14.0. The van der Waals surface area contributed by atoms with E-state index in [1.807, 2.05) is 0 Å². The molecule has 1 amide bonds. The van der Waals surface area contributed by atoms with E-state index in [1.54, 1.807) is 18.2 Å². The minimum atomic E-state index is -4.14. The maximum absolute atomic E-state index is 14.0. The molecule has 0 N–H and O–H groups in total. The molecule has 4 rings (SSSR count). The standard InChI is InChI=1S/C19H14Cl2F2N2O3S2/c20-11-1-3-13-15(9-11)29-18(17(13)21)19(26)24-5-7-25(8-6-24)30(27,28)16-4-2-12(22)10-14(16)23/h1-4,9-10H,5-8H2. The van der Waals surface area contributed by atoms with Gasteiger partial charge < -0.3 is 4.90 Å². The Hall–Kier alpha value is -1.78. The zero-order valence-electron chi connectivity index (χ0n) is 15.2. The molecule has 0 spiro atoms. The summed E-state index contributed by atoms with van der Waals surface area (Å²) in [4.78, 5) is 14.2. The van der Waals surface area contributed by atoms with E-state index < -0.39 is 26.6 Å². The number of nitrogens with zero attached hydrogens (tertiary/aromatic N) is 2. The van der Waals surface area contributed by atoms with Crippen LogP contribution in [0, 0.1) is 11.6 Å². The van der Waals surface area contributed by atoms with Crippen LogP contribution in [-0.2, 0) is 10.0 Å². The first-order valence-electron chi connectivity index (χ1n) is 8.80. The molecule has 2 heterocycles. The third kappa shape index (κ3) is 3.80. The van der Waals surface area contributed by atoms with Crippen LogP contribution in [0.5, 0.6) is 0 Å². The Bertz CT molecular complexity index is 1260. The molecule has 11 heteroatoms. The van der Waals surface area contributed by atoms with Crippen LogP contribution < -0.4 is 0 Å². The molecule has 2 aromatic carbocycles. The number of benzene rings is 2. The third-order valence-corrected chi connectivity index (χ3v) is 8.64. The molecule has 30 heavy (non-hydrogen) atoms. The summed E-state index contributed by atoms with van der Waals surface area (Å²) in [5.74, 6) is -2.31. The monoisotopic (exact) mass is 490 g/mol. The highest BCUT2D eigenvalue weighted by molar-refractivity contribution is 7.89. The van der Waals surface area contributed by atoms with Crippen LogP contribution in [0.2, 0.25) is 10.0 Å². The number of fused-ring (bicyclic) bond motifs is 1. The number of carbonyl (C=O) groups excluding carboxylic acids is 1. The van der Waals surface area contributed by atoms with Crippen LogP contribution in [0.15, 0.2) is 41.3 Å². The minimum absolute atomic E-state index is 0.0147. The number of carbonyl (C=O) groups is 1. The molecular weight excluding hydrogens is 477 g/mol. The minimum Gasteiger partial charge on any atom is -0.335 e. The molecule has 1 fully saturated rings. The van der Waals surface area contributed by atoms with Crippen LogP contribution in [0.3, 0.4) is 0 Å². The van der Waals surface area contributed by atoms with Gasteiger partial charge in [-0.1, -0.05) is 29.3 Å². The summed E-state index contributed by atoms with van der Waals surface area (Å²) >= 11 is 13.6. The van der Waals surface area contributed by atoms with Crippen LogP contribution in [0.1, 0.15) is 9.67 Å². The van der Waals surface area contributed by atoms with E-state index in [9.17, 15) is 22.0 Å². The van der Waals surface area contributed by atoms with E-state index in [0.717, 1.165) is 26.5 Å². The number of hydrogen-bond donors (Lipinski definition) is 0. The number of hydrogen-bond acceptors (Lipinski definition) is 4. The summed E-state index contributed by atoms with van der Waals surface area (Å²) in [5.41, 5.74) is 0. The van der Waals surface area contributed by atoms with Gasteiger partial charge in [0.2, 0.25) is 10.0 Å². The lowest BCUT2D eigenvalue weighted by atomic mass is 10.2. The average Bonchev–Trinajstić information content (AvgIpc) is 3.03. The van der Waals surface area contributed by atoms with Crippen molar-refractivity contribution in [2.45, 2.75) is 4.90 Å². The second-order valence-electron chi connectivity index (χ2n) is 6.66. The number of piperazine rings is 1. The Morgan fingerprint density at radius 3 is 2.37 bits per heavy atom. The van der Waals surface area contributed by atoms with E-state index in [0.29, 0.717) is 21.0 Å². The summed E-state index contributed by atoms with van der Waals surface area (Å²) in [6, 6.07) is 7.49. The van der Waals surface area contributed by atoms with Crippen LogP contribution in [-0.4, -0.2) is 49.7 Å². The van der Waals surface area contributed by atoms with E-state index in [2.05, 4.69) is 0 Å². The molecule has 3 aromatic rings. The smallest absolute Gasteiger partial charge is 0.265 e. The van der Waals surface area contributed by atoms with Gasteiger partial charge in [0.1, 0.15) is 21.4 Å². The average molecular weight is 491 g/mol. The van der Waals surface area contributed by atoms with Gasteiger partial charge in [0.25, 0.3) is 5.91 Å². The summed E-state index contributed by atoms with van der Waals surface area (Å²) in [6.45, 7) is 0.205. The summed E-state index contributed by atoms with van der Waals surface area (Å²) < 4.78 is 54.3. The molecule has 0 saturated carbocycles. The van der Waals surface area contributed by atoms with Gasteiger partial charge in [-0.15, -0.1) is 11.3 Å². The number of thiophene rings is 1. The predicted molar refractivity (Wildman–Crippen MR) is 113 cm³/mol. The van der Waals surface area contributed by atoms with Gasteiger partial charge in [0, 0.05) is 47.4 Å². The molecule has 5 nitrogen and oxygen atoms in total. The number of sulfonamides is 1. The molecule has 0 unspecified atom stereocenters. The lowest BCUT2D eigenvalue weighted by Gasteiger charge is -2.33. The zero-order chi connectivity index (χ0) is 21.6. The van der Waals surface area contributed by atoms with Gasteiger partial charge in [-0.05, 0) is 24.3 Å². The van der Waals surface area contributed by atoms with Crippen molar-refractivity contribution in [3.8, 4) is 0 Å². The molecule has 0 radical (unpaired) electrons. The Labute approximate surface area is 185 Å². The SMILES string of the molecule is O=C(c1sc2cc(Cl)ccc2c1Cl)N1CCN(S(=O)(=O)c2ccc(F)cc2F)CC1. The van der Waals surface area contributed by atoms with Gasteiger partial charge in [-0.25, -0.2) is 17.2 Å². The van der Waals surface area contributed by atoms with Crippen LogP contribution in [0.25, 0.3) is 10.1 Å². The van der Waals surface area contributed by atoms with Crippen molar-refractivity contribution in [1.29, 1.82) is 0 Å². The normalized spacial score (nSPS) is 15.7. The van der Waals surface area contributed by atoms with Gasteiger partial charge in [-0.3, -0.25) is 4.79 Å². The molecule has 1 saturated heterocycles. The zero-order valence-corrected chi connectivity index (χ0v) is 18.4. The first-order chi connectivity index (χ1) is 14.2. The second kappa shape index (κ2) is 8.05. The number of amides is 1. The second-order valence-corrected chi connectivity index (χ2v) is 10.4. The van der Waals surface area contributed by atoms with E-state index in [-0.39, 0.29) is 32.1 Å². The van der Waals surface area contributed by atoms with E-state index >= 15 is 0 Å². The summed E-state index contributed by atoms with van der Waals surface area (Å²) in [6.07, 6.45) is 0. The quantitative estimate of drug-likeness (QED) is 0.537. The van der Waals surface area contributed by atoms with Crippen molar-refractivity contribution in [3.63, 3.8) is 0 Å². The van der Waals surface area contributed by atoms with Crippen LogP contribution in [0.4, 0.5) is 8.78 Å². The van der Waals surface area contributed by atoms with Crippen molar-refractivity contribution in [3.05, 3.63) is 63.0 Å². The maximum Gasteiger partial charge on any atom is 0.265 e. The fourth-order valence-electron chi connectivity index (χ4n) is 3.28. The Morgan fingerprint density at radius 2 is 1.70 bits per heavy atom. The predicted octanol–water partition coefficient (Wildman–Crippen LogP) is 4.63. The van der Waals surface area contributed by atoms with Crippen molar-refractivity contribution < 1.29 is 22.0 Å². The van der Waals surface area contributed by atoms with Crippen molar-refractivity contribution in [1.82, 2.24) is 9.21 Å². The van der Waals surface area contributed by atoms with Gasteiger partial charge >= 0.3 is 0 Å². The molecule has 0 atom stereocenters. The Balaban J connectivity index is 1.52. The molecule has 0 bridgehead atoms. The number of halogens is 4. The summed E-state index contributed by atoms with van der Waals surface area (Å²) in [5, 5.41) is 1.59. The first-order valence-corrected chi connectivity index (χ1v) is 11.8. The highest BCUT2D eigenvalue weighted by Crippen LogP contribution is 2.37. The molecule has 1 aromatic heterocycles. The van der Waals surface area contributed by atoms with Crippen LogP contribution >= 0.6 is 34.5 Å². The Kier molecular flexibility index (Phi) is 5.75. The molecule has 158 valence electrons.